The first-order valence-electron chi connectivity index (χ1n) is 3.37. The Kier molecular flexibility index (Phi) is 1.50. The van der Waals surface area contributed by atoms with Crippen LogP contribution in [-0.4, -0.2) is 10.7 Å². The average Bonchev–Trinajstić information content (AvgIpc) is 1.60. The van der Waals surface area contributed by atoms with Crippen LogP contribution in [0.15, 0.2) is 0 Å². The number of hydrogen-bond acceptors (Lipinski definition) is 1. The Bertz CT molecular complexity index is 137. The van der Waals surface area contributed by atoms with Gasteiger partial charge in [0.05, 0.1) is 0 Å². The van der Waals surface area contributed by atoms with Crippen LogP contribution >= 0.6 is 0 Å². The molecular formula is C8H12O. The molecule has 0 aromatic heterocycles. The molecule has 0 saturated heterocycles. The molecule has 9 heavy (non-hydrogen) atoms. The summed E-state index contributed by atoms with van der Waals surface area (Å²) in [5, 5.41) is 9.41. The lowest BCUT2D eigenvalue weighted by molar-refractivity contribution is 0.0164. The first-order valence-corrected chi connectivity index (χ1v) is 3.37. The van der Waals surface area contributed by atoms with Gasteiger partial charge in [-0.15, -0.1) is 6.42 Å². The summed E-state index contributed by atoms with van der Waals surface area (Å²) in [6.45, 7) is 1.72. The second-order valence-corrected chi connectivity index (χ2v) is 2.92. The summed E-state index contributed by atoms with van der Waals surface area (Å²) in [7, 11) is 0. The Balaban J connectivity index is 2.50. The van der Waals surface area contributed by atoms with Crippen LogP contribution in [0.3, 0.4) is 0 Å². The SMILES string of the molecule is C#C[C@](C)(O)C1CCC1. The highest BCUT2D eigenvalue weighted by Crippen LogP contribution is 2.35. The van der Waals surface area contributed by atoms with Crippen molar-refractivity contribution in [2.24, 2.45) is 5.92 Å². The van der Waals surface area contributed by atoms with Gasteiger partial charge in [-0.3, -0.25) is 0 Å². The van der Waals surface area contributed by atoms with Crippen LogP contribution in [-0.2, 0) is 0 Å². The van der Waals surface area contributed by atoms with E-state index in [1.807, 2.05) is 0 Å². The first-order chi connectivity index (χ1) is 4.17. The third-order valence-electron chi connectivity index (χ3n) is 2.19. The van der Waals surface area contributed by atoms with Crippen molar-refractivity contribution in [2.75, 3.05) is 0 Å². The minimum absolute atomic E-state index is 0.363. The normalized spacial score (nSPS) is 25.9. The van der Waals surface area contributed by atoms with Gasteiger partial charge in [0.1, 0.15) is 5.60 Å². The second kappa shape index (κ2) is 2.04. The summed E-state index contributed by atoms with van der Waals surface area (Å²) in [6.07, 6.45) is 8.53. The van der Waals surface area contributed by atoms with Crippen molar-refractivity contribution in [2.45, 2.75) is 31.8 Å². The molecule has 1 fully saturated rings. The molecule has 0 spiro atoms. The van der Waals surface area contributed by atoms with Crippen molar-refractivity contribution in [1.29, 1.82) is 0 Å². The molecule has 0 radical (unpaired) electrons. The number of rotatable bonds is 1. The fraction of sp³-hybridized carbons (Fsp3) is 0.750. The highest BCUT2D eigenvalue weighted by Gasteiger charge is 2.33. The lowest BCUT2D eigenvalue weighted by atomic mass is 9.74. The summed E-state index contributed by atoms with van der Waals surface area (Å²) in [4.78, 5) is 0. The van der Waals surface area contributed by atoms with E-state index in [0.717, 1.165) is 12.8 Å². The summed E-state index contributed by atoms with van der Waals surface area (Å²) in [5.74, 6) is 2.76. The molecule has 0 aromatic rings. The molecule has 1 rings (SSSR count). The summed E-state index contributed by atoms with van der Waals surface area (Å²) in [6, 6.07) is 0. The van der Waals surface area contributed by atoms with E-state index in [1.54, 1.807) is 6.92 Å². The fourth-order valence-electron chi connectivity index (χ4n) is 1.09. The first kappa shape index (κ1) is 6.64. The lowest BCUT2D eigenvalue weighted by Crippen LogP contribution is -2.37. The van der Waals surface area contributed by atoms with Crippen LogP contribution in [0.25, 0.3) is 0 Å². The molecule has 0 unspecified atom stereocenters. The largest absolute Gasteiger partial charge is 0.378 e. The van der Waals surface area contributed by atoms with Crippen molar-refractivity contribution >= 4 is 0 Å². The molecule has 0 amide bonds. The predicted octanol–water partition coefficient (Wildman–Crippen LogP) is 1.17. The Morgan fingerprint density at radius 1 is 1.67 bits per heavy atom. The Labute approximate surface area is 56.1 Å². The van der Waals surface area contributed by atoms with E-state index in [-0.39, 0.29) is 0 Å². The molecule has 0 aliphatic heterocycles. The van der Waals surface area contributed by atoms with Crippen LogP contribution in [0.2, 0.25) is 0 Å². The zero-order valence-corrected chi connectivity index (χ0v) is 5.72. The molecule has 1 atom stereocenters. The lowest BCUT2D eigenvalue weighted by Gasteiger charge is -2.34. The smallest absolute Gasteiger partial charge is 0.125 e. The molecular weight excluding hydrogens is 112 g/mol. The van der Waals surface area contributed by atoms with Crippen LogP contribution < -0.4 is 0 Å². The van der Waals surface area contributed by atoms with Gasteiger partial charge in [0.15, 0.2) is 0 Å². The molecule has 0 aromatic carbocycles. The standard InChI is InChI=1S/C8H12O/c1-3-8(2,9)7-5-4-6-7/h1,7,9H,4-6H2,2H3/t8-/m0/s1. The van der Waals surface area contributed by atoms with Gasteiger partial charge in [-0.05, 0) is 25.7 Å². The van der Waals surface area contributed by atoms with Gasteiger partial charge in [-0.1, -0.05) is 12.3 Å². The topological polar surface area (TPSA) is 20.2 Å². The highest BCUT2D eigenvalue weighted by molar-refractivity contribution is 5.09. The van der Waals surface area contributed by atoms with E-state index >= 15 is 0 Å². The summed E-state index contributed by atoms with van der Waals surface area (Å²) in [5.41, 5.74) is -0.835. The summed E-state index contributed by atoms with van der Waals surface area (Å²) >= 11 is 0. The summed E-state index contributed by atoms with van der Waals surface area (Å²) < 4.78 is 0. The van der Waals surface area contributed by atoms with E-state index in [0.29, 0.717) is 5.92 Å². The maximum atomic E-state index is 9.41. The van der Waals surface area contributed by atoms with E-state index in [4.69, 9.17) is 6.42 Å². The minimum Gasteiger partial charge on any atom is -0.378 e. The maximum absolute atomic E-state index is 9.41. The molecule has 1 nitrogen and oxygen atoms in total. The molecule has 1 aliphatic rings. The van der Waals surface area contributed by atoms with Crippen LogP contribution in [0.1, 0.15) is 26.2 Å². The molecule has 1 N–H and O–H groups in total. The van der Waals surface area contributed by atoms with E-state index in [1.165, 1.54) is 6.42 Å². The second-order valence-electron chi connectivity index (χ2n) is 2.92. The van der Waals surface area contributed by atoms with Crippen molar-refractivity contribution in [3.05, 3.63) is 0 Å². The zero-order valence-electron chi connectivity index (χ0n) is 5.72. The maximum Gasteiger partial charge on any atom is 0.125 e. The van der Waals surface area contributed by atoms with E-state index < -0.39 is 5.60 Å². The zero-order chi connectivity index (χ0) is 6.91. The minimum atomic E-state index is -0.835. The van der Waals surface area contributed by atoms with Crippen LogP contribution in [0, 0.1) is 18.3 Å². The van der Waals surface area contributed by atoms with Gasteiger partial charge in [-0.2, -0.15) is 0 Å². The number of hydrogen-bond donors (Lipinski definition) is 1. The Hall–Kier alpha value is -0.480. The predicted molar refractivity (Wildman–Crippen MR) is 36.8 cm³/mol. The quantitative estimate of drug-likeness (QED) is 0.520. The third-order valence-corrected chi connectivity index (χ3v) is 2.19. The van der Waals surface area contributed by atoms with Gasteiger partial charge in [0.25, 0.3) is 0 Å². The van der Waals surface area contributed by atoms with Crippen LogP contribution in [0.4, 0.5) is 0 Å². The van der Waals surface area contributed by atoms with Crippen molar-refractivity contribution in [3.8, 4) is 12.3 Å². The monoisotopic (exact) mass is 124 g/mol. The van der Waals surface area contributed by atoms with Crippen molar-refractivity contribution in [1.82, 2.24) is 0 Å². The van der Waals surface area contributed by atoms with Crippen molar-refractivity contribution < 1.29 is 5.11 Å². The molecule has 1 heteroatoms. The van der Waals surface area contributed by atoms with Gasteiger partial charge < -0.3 is 5.11 Å². The van der Waals surface area contributed by atoms with Crippen molar-refractivity contribution in [3.63, 3.8) is 0 Å². The Morgan fingerprint density at radius 2 is 2.22 bits per heavy atom. The molecule has 50 valence electrons. The third kappa shape index (κ3) is 1.09. The highest BCUT2D eigenvalue weighted by atomic mass is 16.3. The number of aliphatic hydroxyl groups is 1. The fourth-order valence-corrected chi connectivity index (χ4v) is 1.09. The van der Waals surface area contributed by atoms with E-state index in [2.05, 4.69) is 5.92 Å². The van der Waals surface area contributed by atoms with E-state index in [9.17, 15) is 5.11 Å². The molecule has 1 saturated carbocycles. The average molecular weight is 124 g/mol. The molecule has 1 aliphatic carbocycles. The van der Waals surface area contributed by atoms with Gasteiger partial charge in [0.2, 0.25) is 0 Å². The van der Waals surface area contributed by atoms with Gasteiger partial charge in [-0.25, -0.2) is 0 Å². The van der Waals surface area contributed by atoms with Gasteiger partial charge >= 0.3 is 0 Å². The number of terminal acetylenes is 1. The van der Waals surface area contributed by atoms with Gasteiger partial charge in [0, 0.05) is 0 Å². The Morgan fingerprint density at radius 3 is 2.33 bits per heavy atom. The molecule has 0 bridgehead atoms. The molecule has 0 heterocycles. The van der Waals surface area contributed by atoms with Crippen LogP contribution in [0.5, 0.6) is 0 Å².